The van der Waals surface area contributed by atoms with E-state index < -0.39 is 11.9 Å². The van der Waals surface area contributed by atoms with Crippen LogP contribution in [-0.2, 0) is 16.8 Å². The monoisotopic (exact) mass is 559 g/mol. The predicted octanol–water partition coefficient (Wildman–Crippen LogP) is 2.87. The van der Waals surface area contributed by atoms with E-state index in [9.17, 15) is 19.5 Å². The standard InChI is InChI=1S/C27H33N5O6.ClH/c1-6-37-20-11-16-12-32(25(28)22(16)30-23(20)26(36)29-5)13-19(33)15-9-17(27(2,3)4)24-18(10-15)31(7-8-38-24)14-21(34)35;/h9-11,28H,6-8,12-14H2,1-5H3,(H,29,36)(H,34,35);1H. The number of halogens is 1. The zero-order valence-electron chi connectivity index (χ0n) is 22.7. The number of nitrogens with one attached hydrogen (secondary N) is 2. The van der Waals surface area contributed by atoms with Gasteiger partial charge in [0.15, 0.2) is 17.2 Å². The maximum absolute atomic E-state index is 13.6. The third-order valence-electron chi connectivity index (χ3n) is 6.52. The zero-order chi connectivity index (χ0) is 27.8. The van der Waals surface area contributed by atoms with Crippen molar-refractivity contribution in [1.29, 1.82) is 5.41 Å². The van der Waals surface area contributed by atoms with Gasteiger partial charge in [0, 0.05) is 30.3 Å². The molecule has 1 amide bonds. The lowest BCUT2D eigenvalue weighted by atomic mass is 9.84. The number of ketones is 1. The van der Waals surface area contributed by atoms with Crippen LogP contribution in [0.3, 0.4) is 0 Å². The lowest BCUT2D eigenvalue weighted by Crippen LogP contribution is -2.38. The number of carboxylic acids is 1. The van der Waals surface area contributed by atoms with Gasteiger partial charge in [-0.2, -0.15) is 0 Å². The van der Waals surface area contributed by atoms with E-state index in [0.717, 1.165) is 5.56 Å². The van der Waals surface area contributed by atoms with Crippen LogP contribution in [0.15, 0.2) is 18.2 Å². The summed E-state index contributed by atoms with van der Waals surface area (Å²) >= 11 is 0. The summed E-state index contributed by atoms with van der Waals surface area (Å²) in [6.07, 6.45) is 0. The number of amides is 1. The van der Waals surface area contributed by atoms with Gasteiger partial charge in [-0.1, -0.05) is 20.8 Å². The molecule has 0 aliphatic carbocycles. The minimum atomic E-state index is -0.967. The molecule has 11 nitrogen and oxygen atoms in total. The topological polar surface area (TPSA) is 145 Å². The summed E-state index contributed by atoms with van der Waals surface area (Å²) in [6, 6.07) is 5.18. The Hall–Kier alpha value is -3.86. The Labute approximate surface area is 233 Å². The van der Waals surface area contributed by atoms with E-state index in [1.54, 1.807) is 34.9 Å². The molecule has 1 aromatic heterocycles. The number of ether oxygens (including phenoxy) is 2. The number of fused-ring (bicyclic) bond motifs is 2. The SMILES string of the molecule is CCOc1cc2c(nc1C(=O)NC)C(=N)N(CC(=O)c1cc3c(c(C(C)(C)C)c1)OCCN3CC(=O)O)C2.Cl. The number of nitrogens with zero attached hydrogens (tertiary/aromatic N) is 3. The molecule has 0 unspecified atom stereocenters. The van der Waals surface area contributed by atoms with Crippen molar-refractivity contribution in [1.82, 2.24) is 15.2 Å². The number of carbonyl (C=O) groups excluding carboxylic acids is 2. The fraction of sp³-hybridized carbons (Fsp3) is 0.444. The molecule has 0 spiro atoms. The molecule has 3 heterocycles. The number of benzene rings is 1. The number of hydrogen-bond donors (Lipinski definition) is 3. The smallest absolute Gasteiger partial charge is 0.323 e. The van der Waals surface area contributed by atoms with Gasteiger partial charge in [-0.15, -0.1) is 12.4 Å². The first kappa shape index (κ1) is 29.7. The van der Waals surface area contributed by atoms with Crippen molar-refractivity contribution in [2.45, 2.75) is 39.7 Å². The highest BCUT2D eigenvalue weighted by Crippen LogP contribution is 2.42. The molecule has 210 valence electrons. The van der Waals surface area contributed by atoms with Crippen molar-refractivity contribution >= 4 is 41.6 Å². The molecule has 2 aromatic rings. The Morgan fingerprint density at radius 1 is 1.18 bits per heavy atom. The number of carboxylic acid groups (broad SMARTS) is 1. The normalized spacial score (nSPS) is 14.1. The van der Waals surface area contributed by atoms with Gasteiger partial charge in [-0.3, -0.25) is 19.8 Å². The molecule has 0 radical (unpaired) electrons. The highest BCUT2D eigenvalue weighted by Gasteiger charge is 2.33. The fourth-order valence-corrected chi connectivity index (χ4v) is 4.66. The molecule has 0 fully saturated rings. The minimum Gasteiger partial charge on any atom is -0.491 e. The number of pyridine rings is 1. The van der Waals surface area contributed by atoms with E-state index in [0.29, 0.717) is 53.8 Å². The van der Waals surface area contributed by atoms with Crippen molar-refractivity contribution in [2.75, 3.05) is 44.8 Å². The molecule has 0 atom stereocenters. The quantitative estimate of drug-likeness (QED) is 0.415. The van der Waals surface area contributed by atoms with Gasteiger partial charge < -0.3 is 29.7 Å². The highest BCUT2D eigenvalue weighted by molar-refractivity contribution is 6.06. The van der Waals surface area contributed by atoms with Crippen molar-refractivity contribution in [3.63, 3.8) is 0 Å². The molecule has 2 aliphatic heterocycles. The highest BCUT2D eigenvalue weighted by atomic mass is 35.5. The van der Waals surface area contributed by atoms with Crippen LogP contribution < -0.4 is 19.7 Å². The van der Waals surface area contributed by atoms with Crippen LogP contribution in [0.25, 0.3) is 0 Å². The van der Waals surface area contributed by atoms with Gasteiger partial charge in [0.05, 0.1) is 25.4 Å². The average Bonchev–Trinajstić information content (AvgIpc) is 3.15. The number of aliphatic carboxylic acids is 1. The fourth-order valence-electron chi connectivity index (χ4n) is 4.66. The third kappa shape index (κ3) is 5.93. The molecule has 0 bridgehead atoms. The second kappa shape index (κ2) is 11.5. The average molecular weight is 560 g/mol. The Kier molecular flexibility index (Phi) is 8.74. The van der Waals surface area contributed by atoms with Crippen LogP contribution in [0.1, 0.15) is 65.4 Å². The van der Waals surface area contributed by atoms with E-state index in [-0.39, 0.29) is 54.8 Å². The summed E-state index contributed by atoms with van der Waals surface area (Å²) in [5.41, 5.74) is 2.56. The van der Waals surface area contributed by atoms with E-state index in [1.807, 2.05) is 20.8 Å². The Morgan fingerprint density at radius 2 is 1.90 bits per heavy atom. The van der Waals surface area contributed by atoms with Crippen LogP contribution >= 0.6 is 12.4 Å². The first-order valence-corrected chi connectivity index (χ1v) is 12.5. The number of aromatic nitrogens is 1. The second-order valence-corrected chi connectivity index (χ2v) is 10.3. The Balaban J connectivity index is 0.00000420. The summed E-state index contributed by atoms with van der Waals surface area (Å²) in [5, 5.41) is 20.6. The Bertz CT molecular complexity index is 1320. The maximum Gasteiger partial charge on any atom is 0.323 e. The van der Waals surface area contributed by atoms with Gasteiger partial charge in [0.25, 0.3) is 5.91 Å². The van der Waals surface area contributed by atoms with Crippen LogP contribution in [0, 0.1) is 5.41 Å². The van der Waals surface area contributed by atoms with Crippen LogP contribution in [0.4, 0.5) is 5.69 Å². The molecule has 0 saturated carbocycles. The van der Waals surface area contributed by atoms with Gasteiger partial charge in [-0.05, 0) is 30.5 Å². The van der Waals surface area contributed by atoms with Crippen LogP contribution in [0.2, 0.25) is 0 Å². The zero-order valence-corrected chi connectivity index (χ0v) is 23.5. The van der Waals surface area contributed by atoms with Gasteiger partial charge in [0.2, 0.25) is 0 Å². The second-order valence-electron chi connectivity index (χ2n) is 10.3. The number of Topliss-reactive ketones (excluding diaryl/α,β-unsaturated/α-hetero) is 1. The lowest BCUT2D eigenvalue weighted by Gasteiger charge is -2.34. The molecular weight excluding hydrogens is 526 g/mol. The lowest BCUT2D eigenvalue weighted by molar-refractivity contribution is -0.135. The van der Waals surface area contributed by atoms with Crippen molar-refractivity contribution in [3.8, 4) is 11.5 Å². The summed E-state index contributed by atoms with van der Waals surface area (Å²) in [5.74, 6) is -0.646. The first-order valence-electron chi connectivity index (χ1n) is 12.5. The van der Waals surface area contributed by atoms with E-state index in [4.69, 9.17) is 14.9 Å². The van der Waals surface area contributed by atoms with Gasteiger partial charge in [-0.25, -0.2) is 4.98 Å². The van der Waals surface area contributed by atoms with E-state index >= 15 is 0 Å². The number of rotatable bonds is 8. The first-order chi connectivity index (χ1) is 17.9. The summed E-state index contributed by atoms with van der Waals surface area (Å²) in [6.45, 7) is 8.91. The van der Waals surface area contributed by atoms with Gasteiger partial charge >= 0.3 is 5.97 Å². The molecule has 3 N–H and O–H groups in total. The summed E-state index contributed by atoms with van der Waals surface area (Å²) < 4.78 is 11.6. The van der Waals surface area contributed by atoms with Crippen LogP contribution in [-0.4, -0.2) is 78.4 Å². The molecule has 39 heavy (non-hydrogen) atoms. The molecular formula is C27H34ClN5O6. The van der Waals surface area contributed by atoms with E-state index in [2.05, 4.69) is 10.3 Å². The van der Waals surface area contributed by atoms with Crippen LogP contribution in [0.5, 0.6) is 11.5 Å². The number of anilines is 1. The van der Waals surface area contributed by atoms with Crippen molar-refractivity contribution < 1.29 is 29.0 Å². The minimum absolute atomic E-state index is 0. The summed E-state index contributed by atoms with van der Waals surface area (Å²) in [7, 11) is 1.50. The van der Waals surface area contributed by atoms with Gasteiger partial charge in [0.1, 0.15) is 30.4 Å². The largest absolute Gasteiger partial charge is 0.491 e. The Morgan fingerprint density at radius 3 is 2.51 bits per heavy atom. The van der Waals surface area contributed by atoms with Crippen molar-refractivity contribution in [2.24, 2.45) is 0 Å². The van der Waals surface area contributed by atoms with Crippen molar-refractivity contribution in [3.05, 3.63) is 46.3 Å². The molecule has 12 heteroatoms. The number of hydrogen-bond acceptors (Lipinski definition) is 8. The molecule has 2 aliphatic rings. The third-order valence-corrected chi connectivity index (χ3v) is 6.52. The molecule has 0 saturated heterocycles. The molecule has 4 rings (SSSR count). The predicted molar refractivity (Wildman–Crippen MR) is 148 cm³/mol. The number of amidine groups is 1. The van der Waals surface area contributed by atoms with E-state index in [1.165, 1.54) is 7.05 Å². The maximum atomic E-state index is 13.6. The summed E-state index contributed by atoms with van der Waals surface area (Å²) in [4.78, 5) is 45.1. The molecule has 1 aromatic carbocycles. The number of carbonyl (C=O) groups is 3.